The van der Waals surface area contributed by atoms with Gasteiger partial charge in [-0.1, -0.05) is 23.2 Å². The van der Waals surface area contributed by atoms with E-state index in [2.05, 4.69) is 5.32 Å². The Morgan fingerprint density at radius 3 is 2.50 bits per heavy atom. The Balaban J connectivity index is 2.25. The van der Waals surface area contributed by atoms with E-state index in [-0.39, 0.29) is 34.4 Å². The molecule has 11 heteroatoms. The second-order valence-electron chi connectivity index (χ2n) is 5.87. The van der Waals surface area contributed by atoms with Crippen molar-refractivity contribution in [1.82, 2.24) is 0 Å². The van der Waals surface area contributed by atoms with E-state index in [1.54, 1.807) is 13.0 Å². The van der Waals surface area contributed by atoms with Crippen molar-refractivity contribution in [3.05, 3.63) is 56.1 Å². The van der Waals surface area contributed by atoms with Crippen molar-refractivity contribution in [2.75, 3.05) is 19.0 Å². The Morgan fingerprint density at radius 1 is 1.20 bits per heavy atom. The summed E-state index contributed by atoms with van der Waals surface area (Å²) < 4.78 is 15.5. The lowest BCUT2D eigenvalue weighted by molar-refractivity contribution is -0.385. The molecule has 0 radical (unpaired) electrons. The third kappa shape index (κ3) is 5.52. The van der Waals surface area contributed by atoms with Crippen LogP contribution >= 0.6 is 23.2 Å². The van der Waals surface area contributed by atoms with Gasteiger partial charge >= 0.3 is 5.97 Å². The van der Waals surface area contributed by atoms with Crippen LogP contribution in [-0.4, -0.2) is 36.6 Å². The second kappa shape index (κ2) is 10.1. The van der Waals surface area contributed by atoms with Gasteiger partial charge in [-0.05, 0) is 32.0 Å². The molecule has 9 nitrogen and oxygen atoms in total. The van der Waals surface area contributed by atoms with Crippen molar-refractivity contribution in [2.45, 2.75) is 20.0 Å². The topological polar surface area (TPSA) is 117 Å². The number of nitrogens with zero attached hydrogens (tertiary/aromatic N) is 1. The summed E-state index contributed by atoms with van der Waals surface area (Å²) in [5.41, 5.74) is -0.707. The number of nitro groups is 1. The van der Waals surface area contributed by atoms with Gasteiger partial charge in [0.05, 0.1) is 35.4 Å². The van der Waals surface area contributed by atoms with E-state index in [4.69, 9.17) is 37.4 Å². The third-order valence-electron chi connectivity index (χ3n) is 3.84. The summed E-state index contributed by atoms with van der Waals surface area (Å²) in [6.45, 7) is 3.25. The fourth-order valence-electron chi connectivity index (χ4n) is 2.40. The van der Waals surface area contributed by atoms with Crippen LogP contribution in [0.15, 0.2) is 30.3 Å². The molecule has 2 aromatic carbocycles. The maximum absolute atomic E-state index is 12.6. The van der Waals surface area contributed by atoms with Gasteiger partial charge in [0.2, 0.25) is 0 Å². The predicted octanol–water partition coefficient (Wildman–Crippen LogP) is 4.49. The van der Waals surface area contributed by atoms with Crippen LogP contribution in [0.5, 0.6) is 11.5 Å². The average molecular weight is 457 g/mol. The van der Waals surface area contributed by atoms with Crippen LogP contribution in [0.25, 0.3) is 0 Å². The molecule has 30 heavy (non-hydrogen) atoms. The van der Waals surface area contributed by atoms with Crippen molar-refractivity contribution >= 4 is 46.5 Å². The molecule has 0 unspecified atom stereocenters. The van der Waals surface area contributed by atoms with Crippen LogP contribution in [0.4, 0.5) is 11.4 Å². The molecule has 0 aliphatic heterocycles. The van der Waals surface area contributed by atoms with Crippen molar-refractivity contribution in [2.24, 2.45) is 0 Å². The standard InChI is InChI=1S/C19H18Cl2N2O7/c1-4-29-17-8-12(15(23(26)27)9-16(17)28-3)19(25)30-10(2)18(24)22-14-7-11(20)5-6-13(14)21/h5-10H,4H2,1-3H3,(H,22,24)/t10-/m0/s1. The summed E-state index contributed by atoms with van der Waals surface area (Å²) in [4.78, 5) is 35.6. The zero-order valence-electron chi connectivity index (χ0n) is 16.2. The molecule has 0 saturated carbocycles. The number of ether oxygens (including phenoxy) is 3. The first-order valence-corrected chi connectivity index (χ1v) is 9.39. The van der Waals surface area contributed by atoms with E-state index in [9.17, 15) is 19.7 Å². The van der Waals surface area contributed by atoms with E-state index < -0.39 is 28.6 Å². The molecule has 0 bridgehead atoms. The molecule has 160 valence electrons. The van der Waals surface area contributed by atoms with E-state index in [0.29, 0.717) is 5.02 Å². The highest BCUT2D eigenvalue weighted by atomic mass is 35.5. The predicted molar refractivity (Wildman–Crippen MR) is 111 cm³/mol. The van der Waals surface area contributed by atoms with E-state index in [1.807, 2.05) is 0 Å². The lowest BCUT2D eigenvalue weighted by atomic mass is 10.1. The van der Waals surface area contributed by atoms with Crippen LogP contribution in [0.3, 0.4) is 0 Å². The van der Waals surface area contributed by atoms with Crippen molar-refractivity contribution in [3.8, 4) is 11.5 Å². The smallest absolute Gasteiger partial charge is 0.346 e. The van der Waals surface area contributed by atoms with E-state index in [0.717, 1.165) is 12.1 Å². The molecule has 0 saturated heterocycles. The Hall–Kier alpha value is -3.04. The van der Waals surface area contributed by atoms with Crippen LogP contribution in [0.2, 0.25) is 10.0 Å². The Labute approximate surface area is 182 Å². The molecule has 0 aromatic heterocycles. The zero-order valence-corrected chi connectivity index (χ0v) is 17.7. The molecule has 0 spiro atoms. The molecule has 0 heterocycles. The summed E-state index contributed by atoms with van der Waals surface area (Å²) in [7, 11) is 1.31. The monoisotopic (exact) mass is 456 g/mol. The first-order chi connectivity index (χ1) is 14.2. The van der Waals surface area contributed by atoms with Crippen LogP contribution in [0.1, 0.15) is 24.2 Å². The van der Waals surface area contributed by atoms with Gasteiger partial charge in [-0.15, -0.1) is 0 Å². The maximum atomic E-state index is 12.6. The highest BCUT2D eigenvalue weighted by Gasteiger charge is 2.28. The normalized spacial score (nSPS) is 11.4. The fraction of sp³-hybridized carbons (Fsp3) is 0.263. The number of halogens is 2. The van der Waals surface area contributed by atoms with E-state index in [1.165, 1.54) is 26.2 Å². The molecule has 1 N–H and O–H groups in total. The van der Waals surface area contributed by atoms with Crippen molar-refractivity contribution in [1.29, 1.82) is 0 Å². The Morgan fingerprint density at radius 2 is 1.90 bits per heavy atom. The maximum Gasteiger partial charge on any atom is 0.346 e. The van der Waals surface area contributed by atoms with Gasteiger partial charge in [0.1, 0.15) is 5.56 Å². The van der Waals surface area contributed by atoms with Crippen molar-refractivity contribution in [3.63, 3.8) is 0 Å². The van der Waals surface area contributed by atoms with Gasteiger partial charge in [-0.25, -0.2) is 4.79 Å². The van der Waals surface area contributed by atoms with Gasteiger partial charge in [-0.3, -0.25) is 14.9 Å². The number of nitro benzene ring substituents is 1. The molecular weight excluding hydrogens is 439 g/mol. The highest BCUT2D eigenvalue weighted by molar-refractivity contribution is 6.35. The molecular formula is C19H18Cl2N2O7. The molecule has 1 atom stereocenters. The first-order valence-electron chi connectivity index (χ1n) is 8.64. The Bertz CT molecular complexity index is 982. The number of carbonyl (C=O) groups is 2. The summed E-state index contributed by atoms with van der Waals surface area (Å²) in [5.74, 6) is -1.57. The van der Waals surface area contributed by atoms with Crippen LogP contribution < -0.4 is 14.8 Å². The number of anilines is 1. The number of esters is 1. The van der Waals surface area contributed by atoms with Gasteiger partial charge in [0, 0.05) is 11.1 Å². The lowest BCUT2D eigenvalue weighted by Gasteiger charge is -2.15. The number of hydrogen-bond donors (Lipinski definition) is 1. The van der Waals surface area contributed by atoms with Crippen molar-refractivity contribution < 1.29 is 28.7 Å². The Kier molecular flexibility index (Phi) is 7.85. The minimum absolute atomic E-state index is 0.0847. The minimum atomic E-state index is -1.29. The summed E-state index contributed by atoms with van der Waals surface area (Å²) >= 11 is 11.9. The third-order valence-corrected chi connectivity index (χ3v) is 4.40. The van der Waals surface area contributed by atoms with Gasteiger partial charge < -0.3 is 19.5 Å². The molecule has 0 fully saturated rings. The molecule has 2 aromatic rings. The number of amides is 1. The zero-order chi connectivity index (χ0) is 22.4. The highest BCUT2D eigenvalue weighted by Crippen LogP contribution is 2.35. The summed E-state index contributed by atoms with van der Waals surface area (Å²) in [6, 6.07) is 6.66. The largest absolute Gasteiger partial charge is 0.493 e. The minimum Gasteiger partial charge on any atom is -0.493 e. The second-order valence-corrected chi connectivity index (χ2v) is 6.71. The summed E-state index contributed by atoms with van der Waals surface area (Å²) in [5, 5.41) is 14.5. The van der Waals surface area contributed by atoms with Gasteiger partial charge in [0.15, 0.2) is 17.6 Å². The number of benzene rings is 2. The van der Waals surface area contributed by atoms with E-state index >= 15 is 0 Å². The lowest BCUT2D eigenvalue weighted by Crippen LogP contribution is -2.30. The number of hydrogen-bond acceptors (Lipinski definition) is 7. The van der Waals surface area contributed by atoms with Crippen LogP contribution in [0, 0.1) is 10.1 Å². The SMILES string of the molecule is CCOc1cc(C(=O)O[C@@H](C)C(=O)Nc2cc(Cl)ccc2Cl)c([N+](=O)[O-])cc1OC. The number of carbonyl (C=O) groups excluding carboxylic acids is 2. The average Bonchev–Trinajstić information content (AvgIpc) is 2.70. The summed E-state index contributed by atoms with van der Waals surface area (Å²) in [6.07, 6.45) is -1.29. The number of nitrogens with one attached hydrogen (secondary N) is 1. The quantitative estimate of drug-likeness (QED) is 0.353. The van der Waals surface area contributed by atoms with Crippen LogP contribution in [-0.2, 0) is 9.53 Å². The van der Waals surface area contributed by atoms with Gasteiger partial charge in [0.25, 0.3) is 11.6 Å². The molecule has 0 aliphatic carbocycles. The fourth-order valence-corrected chi connectivity index (χ4v) is 2.73. The first kappa shape index (κ1) is 23.2. The molecule has 1 amide bonds. The molecule has 2 rings (SSSR count). The molecule has 0 aliphatic rings. The van der Waals surface area contributed by atoms with Gasteiger partial charge in [-0.2, -0.15) is 0 Å². The number of rotatable bonds is 8. The number of methoxy groups -OCH3 is 1.